The van der Waals surface area contributed by atoms with Crippen LogP contribution in [0.5, 0.6) is 0 Å². The third-order valence-corrected chi connectivity index (χ3v) is 3.90. The minimum absolute atomic E-state index is 0.0711. The van der Waals surface area contributed by atoms with E-state index in [4.69, 9.17) is 0 Å². The molecule has 4 nitrogen and oxygen atoms in total. The summed E-state index contributed by atoms with van der Waals surface area (Å²) >= 11 is 0. The summed E-state index contributed by atoms with van der Waals surface area (Å²) in [5, 5.41) is 9.63. The molecule has 1 atom stereocenters. The molecule has 3 aromatic rings. The first-order valence-electron chi connectivity index (χ1n) is 7.35. The van der Waals surface area contributed by atoms with Gasteiger partial charge >= 0.3 is 0 Å². The number of hydrogen-bond donors (Lipinski definition) is 1. The normalized spacial score (nSPS) is 12.3. The second-order valence-electron chi connectivity index (χ2n) is 5.57. The second kappa shape index (κ2) is 5.64. The minimum Gasteiger partial charge on any atom is -0.345 e. The molecule has 0 saturated carbocycles. The Morgan fingerprint density at radius 1 is 1.18 bits per heavy atom. The number of nitrogens with one attached hydrogen (secondary N) is 1. The highest BCUT2D eigenvalue weighted by molar-refractivity contribution is 5.95. The number of carbonyl (C=O) groups excluding carboxylic acids is 1. The summed E-state index contributed by atoms with van der Waals surface area (Å²) in [6, 6.07) is 14.3. The van der Waals surface area contributed by atoms with E-state index in [1.807, 2.05) is 39.1 Å². The summed E-state index contributed by atoms with van der Waals surface area (Å²) in [5.74, 6) is -0.0916. The molecule has 0 spiro atoms. The third kappa shape index (κ3) is 2.60. The van der Waals surface area contributed by atoms with Crippen LogP contribution < -0.4 is 5.32 Å². The van der Waals surface area contributed by atoms with Crippen molar-refractivity contribution in [2.75, 3.05) is 0 Å². The van der Waals surface area contributed by atoms with Crippen LogP contribution in [0.15, 0.2) is 48.7 Å². The maximum absolute atomic E-state index is 12.4. The molecule has 4 heteroatoms. The van der Waals surface area contributed by atoms with Gasteiger partial charge in [0.15, 0.2) is 0 Å². The van der Waals surface area contributed by atoms with Crippen LogP contribution >= 0.6 is 0 Å². The molecule has 0 aliphatic carbocycles. The average Bonchev–Trinajstić information content (AvgIpc) is 2.85. The first-order valence-corrected chi connectivity index (χ1v) is 7.35. The van der Waals surface area contributed by atoms with Gasteiger partial charge in [-0.05, 0) is 30.2 Å². The molecule has 3 rings (SSSR count). The van der Waals surface area contributed by atoms with Crippen LogP contribution in [-0.4, -0.2) is 15.7 Å². The van der Waals surface area contributed by atoms with Crippen molar-refractivity contribution in [1.29, 1.82) is 0 Å². The van der Waals surface area contributed by atoms with E-state index in [1.165, 1.54) is 10.8 Å². The van der Waals surface area contributed by atoms with Gasteiger partial charge in [0.2, 0.25) is 0 Å². The van der Waals surface area contributed by atoms with E-state index in [0.717, 1.165) is 11.3 Å². The molecule has 2 aromatic carbocycles. The van der Waals surface area contributed by atoms with Gasteiger partial charge in [-0.2, -0.15) is 5.10 Å². The van der Waals surface area contributed by atoms with E-state index in [9.17, 15) is 4.79 Å². The monoisotopic (exact) mass is 293 g/mol. The van der Waals surface area contributed by atoms with E-state index in [0.29, 0.717) is 5.56 Å². The Morgan fingerprint density at radius 2 is 1.91 bits per heavy atom. The molecular formula is C18H19N3O. The van der Waals surface area contributed by atoms with Crippen molar-refractivity contribution in [3.05, 3.63) is 65.5 Å². The third-order valence-electron chi connectivity index (χ3n) is 3.90. The molecule has 1 heterocycles. The summed E-state index contributed by atoms with van der Waals surface area (Å²) in [6.07, 6.45) is 1.75. The van der Waals surface area contributed by atoms with Gasteiger partial charge in [-0.3, -0.25) is 9.48 Å². The quantitative estimate of drug-likeness (QED) is 0.804. The molecule has 0 aliphatic heterocycles. The molecule has 1 aromatic heterocycles. The molecule has 0 radical (unpaired) electrons. The number of benzene rings is 2. The summed E-state index contributed by atoms with van der Waals surface area (Å²) in [5.41, 5.74) is 2.48. The Hall–Kier alpha value is -2.62. The number of amides is 1. The molecule has 0 aliphatic rings. The van der Waals surface area contributed by atoms with E-state index in [1.54, 1.807) is 10.9 Å². The number of fused-ring (bicyclic) bond motifs is 1. The summed E-state index contributed by atoms with van der Waals surface area (Å²) < 4.78 is 1.66. The second-order valence-corrected chi connectivity index (χ2v) is 5.57. The lowest BCUT2D eigenvalue weighted by Gasteiger charge is -2.16. The lowest BCUT2D eigenvalue weighted by molar-refractivity contribution is 0.0939. The maximum atomic E-state index is 12.4. The minimum atomic E-state index is -0.0916. The smallest absolute Gasteiger partial charge is 0.255 e. The van der Waals surface area contributed by atoms with E-state index in [-0.39, 0.29) is 11.9 Å². The van der Waals surface area contributed by atoms with Gasteiger partial charge in [-0.25, -0.2) is 0 Å². The van der Waals surface area contributed by atoms with Crippen LogP contribution in [-0.2, 0) is 7.05 Å². The predicted octanol–water partition coefficient (Wildman–Crippen LogP) is 3.37. The molecule has 0 fully saturated rings. The summed E-state index contributed by atoms with van der Waals surface area (Å²) in [6.45, 7) is 3.85. The van der Waals surface area contributed by atoms with Crippen LogP contribution in [0, 0.1) is 6.92 Å². The zero-order valence-electron chi connectivity index (χ0n) is 13.0. The standard InChI is InChI=1S/C18H19N3O/c1-12(19-18(22)17-11-21(3)20-13(17)2)15-10-6-8-14-7-4-5-9-16(14)15/h4-12H,1-3H3,(H,19,22). The number of carbonyl (C=O) groups is 1. The van der Waals surface area contributed by atoms with Gasteiger partial charge < -0.3 is 5.32 Å². The van der Waals surface area contributed by atoms with Gasteiger partial charge in [-0.15, -0.1) is 0 Å². The van der Waals surface area contributed by atoms with Crippen molar-refractivity contribution >= 4 is 16.7 Å². The van der Waals surface area contributed by atoms with Crippen LogP contribution in [0.1, 0.15) is 34.6 Å². The van der Waals surface area contributed by atoms with E-state index < -0.39 is 0 Å². The molecule has 0 bridgehead atoms. The Labute approximate surface area is 129 Å². The Kier molecular flexibility index (Phi) is 3.67. The highest BCUT2D eigenvalue weighted by atomic mass is 16.1. The van der Waals surface area contributed by atoms with E-state index in [2.05, 4.69) is 34.7 Å². The van der Waals surface area contributed by atoms with Crippen LogP contribution in [0.4, 0.5) is 0 Å². The predicted molar refractivity (Wildman–Crippen MR) is 87.8 cm³/mol. The van der Waals surface area contributed by atoms with Crippen LogP contribution in [0.3, 0.4) is 0 Å². The van der Waals surface area contributed by atoms with Gasteiger partial charge in [0.1, 0.15) is 0 Å². The SMILES string of the molecule is Cc1nn(C)cc1C(=O)NC(C)c1cccc2ccccc12. The molecule has 1 amide bonds. The van der Waals surface area contributed by atoms with E-state index >= 15 is 0 Å². The van der Waals surface area contributed by atoms with Gasteiger partial charge in [0, 0.05) is 13.2 Å². The zero-order valence-corrected chi connectivity index (χ0v) is 13.0. The topological polar surface area (TPSA) is 46.9 Å². The first-order chi connectivity index (χ1) is 10.6. The Morgan fingerprint density at radius 3 is 2.64 bits per heavy atom. The largest absolute Gasteiger partial charge is 0.345 e. The fraction of sp³-hybridized carbons (Fsp3) is 0.222. The Balaban J connectivity index is 1.89. The van der Waals surface area contributed by atoms with Gasteiger partial charge in [-0.1, -0.05) is 42.5 Å². The highest BCUT2D eigenvalue weighted by Crippen LogP contribution is 2.24. The summed E-state index contributed by atoms with van der Waals surface area (Å²) in [7, 11) is 1.82. The fourth-order valence-corrected chi connectivity index (χ4v) is 2.80. The lowest BCUT2D eigenvalue weighted by atomic mass is 9.99. The number of rotatable bonds is 3. The maximum Gasteiger partial charge on any atom is 0.255 e. The molecule has 112 valence electrons. The molecule has 0 saturated heterocycles. The summed E-state index contributed by atoms with van der Waals surface area (Å²) in [4.78, 5) is 12.4. The number of aromatic nitrogens is 2. The molecule has 22 heavy (non-hydrogen) atoms. The van der Waals surface area contributed by atoms with Crippen molar-refractivity contribution in [3.8, 4) is 0 Å². The van der Waals surface area contributed by atoms with Crippen LogP contribution in [0.2, 0.25) is 0 Å². The van der Waals surface area contributed by atoms with Crippen molar-refractivity contribution < 1.29 is 4.79 Å². The van der Waals surface area contributed by atoms with Crippen molar-refractivity contribution in [2.24, 2.45) is 7.05 Å². The number of hydrogen-bond acceptors (Lipinski definition) is 2. The molecular weight excluding hydrogens is 274 g/mol. The van der Waals surface area contributed by atoms with Crippen molar-refractivity contribution in [3.63, 3.8) is 0 Å². The molecule has 1 unspecified atom stereocenters. The fourth-order valence-electron chi connectivity index (χ4n) is 2.80. The van der Waals surface area contributed by atoms with Crippen molar-refractivity contribution in [1.82, 2.24) is 15.1 Å². The number of nitrogens with zero attached hydrogens (tertiary/aromatic N) is 2. The first kappa shape index (κ1) is 14.3. The number of aryl methyl sites for hydroxylation is 2. The van der Waals surface area contributed by atoms with Gasteiger partial charge in [0.25, 0.3) is 5.91 Å². The zero-order chi connectivity index (χ0) is 15.7. The van der Waals surface area contributed by atoms with Crippen LogP contribution in [0.25, 0.3) is 10.8 Å². The average molecular weight is 293 g/mol. The Bertz CT molecular complexity index is 830. The molecule has 1 N–H and O–H groups in total. The van der Waals surface area contributed by atoms with Crippen molar-refractivity contribution in [2.45, 2.75) is 19.9 Å². The lowest BCUT2D eigenvalue weighted by Crippen LogP contribution is -2.27. The van der Waals surface area contributed by atoms with Gasteiger partial charge in [0.05, 0.1) is 17.3 Å². The highest BCUT2D eigenvalue weighted by Gasteiger charge is 2.16.